The van der Waals surface area contributed by atoms with Crippen molar-refractivity contribution in [3.63, 3.8) is 0 Å². The van der Waals surface area contributed by atoms with Crippen molar-refractivity contribution in [2.45, 2.75) is 38.2 Å². The number of rotatable bonds is 4. The highest BCUT2D eigenvalue weighted by molar-refractivity contribution is 7.91. The lowest BCUT2D eigenvalue weighted by atomic mass is 9.86. The summed E-state index contributed by atoms with van der Waals surface area (Å²) in [5.74, 6) is -0.140. The van der Waals surface area contributed by atoms with E-state index in [0.29, 0.717) is 25.9 Å². The van der Waals surface area contributed by atoms with E-state index in [-0.39, 0.29) is 17.5 Å². The molecular formula is C17H24F2N2O2S. The Morgan fingerprint density at radius 2 is 1.92 bits per heavy atom. The molecule has 1 aromatic carbocycles. The van der Waals surface area contributed by atoms with Gasteiger partial charge in [-0.2, -0.15) is 0 Å². The van der Waals surface area contributed by atoms with Gasteiger partial charge in [-0.3, -0.25) is 0 Å². The second kappa shape index (κ2) is 7.25. The molecule has 4 nitrogen and oxygen atoms in total. The highest BCUT2D eigenvalue weighted by Gasteiger charge is 2.28. The van der Waals surface area contributed by atoms with Crippen molar-refractivity contribution in [3.05, 3.63) is 24.3 Å². The molecule has 0 radical (unpaired) electrons. The Labute approximate surface area is 142 Å². The SMILES string of the molecule is O=S1(=O)CCN(c2cccc(NC3CCCC(C(F)F)C3)c2)CC1. The van der Waals surface area contributed by atoms with Crippen LogP contribution < -0.4 is 10.2 Å². The first-order valence-electron chi connectivity index (χ1n) is 8.53. The number of nitrogens with zero attached hydrogens (tertiary/aromatic N) is 1. The summed E-state index contributed by atoms with van der Waals surface area (Å²) in [5, 5.41) is 3.38. The van der Waals surface area contributed by atoms with Crippen LogP contribution in [0.2, 0.25) is 0 Å². The zero-order chi connectivity index (χ0) is 17.2. The lowest BCUT2D eigenvalue weighted by molar-refractivity contribution is 0.0535. The van der Waals surface area contributed by atoms with Gasteiger partial charge in [0, 0.05) is 36.4 Å². The third kappa shape index (κ3) is 4.37. The van der Waals surface area contributed by atoms with Crippen molar-refractivity contribution in [1.29, 1.82) is 0 Å². The molecule has 7 heteroatoms. The lowest BCUT2D eigenvalue weighted by Gasteiger charge is -2.31. The Kier molecular flexibility index (Phi) is 5.27. The first kappa shape index (κ1) is 17.5. The van der Waals surface area contributed by atoms with E-state index < -0.39 is 22.2 Å². The van der Waals surface area contributed by atoms with E-state index in [2.05, 4.69) is 10.2 Å². The van der Waals surface area contributed by atoms with Crippen LogP contribution in [0.25, 0.3) is 0 Å². The Morgan fingerprint density at radius 3 is 2.62 bits per heavy atom. The van der Waals surface area contributed by atoms with Crippen LogP contribution in [0.4, 0.5) is 20.2 Å². The quantitative estimate of drug-likeness (QED) is 0.898. The number of nitrogens with one attached hydrogen (secondary N) is 1. The number of hydrogen-bond acceptors (Lipinski definition) is 4. The topological polar surface area (TPSA) is 49.4 Å². The molecule has 0 aromatic heterocycles. The molecule has 1 aromatic rings. The summed E-state index contributed by atoms with van der Waals surface area (Å²) in [6.07, 6.45) is 0.615. The van der Waals surface area contributed by atoms with Crippen LogP contribution in [-0.4, -0.2) is 45.5 Å². The smallest absolute Gasteiger partial charge is 0.241 e. The fourth-order valence-electron chi connectivity index (χ4n) is 3.59. The predicted octanol–water partition coefficient (Wildman–Crippen LogP) is 3.16. The van der Waals surface area contributed by atoms with Gasteiger partial charge in [0.1, 0.15) is 0 Å². The van der Waals surface area contributed by atoms with Crippen molar-refractivity contribution in [2.24, 2.45) is 5.92 Å². The van der Waals surface area contributed by atoms with Gasteiger partial charge in [0.25, 0.3) is 0 Å². The van der Waals surface area contributed by atoms with E-state index in [0.717, 1.165) is 24.2 Å². The molecule has 0 bridgehead atoms. The second-order valence-corrected chi connectivity index (χ2v) is 9.10. The van der Waals surface area contributed by atoms with Crippen molar-refractivity contribution in [1.82, 2.24) is 0 Å². The molecular weight excluding hydrogens is 334 g/mol. The monoisotopic (exact) mass is 358 g/mol. The standard InChI is InChI=1S/C17H24F2N2O2S/c18-17(19)13-3-1-4-14(11-13)20-15-5-2-6-16(12-15)21-7-9-24(22,23)10-8-21/h2,5-6,12-14,17,20H,1,3-4,7-11H2. The van der Waals surface area contributed by atoms with E-state index >= 15 is 0 Å². The fourth-order valence-corrected chi connectivity index (χ4v) is 4.79. The maximum Gasteiger partial charge on any atom is 0.241 e. The maximum absolute atomic E-state index is 12.9. The average molecular weight is 358 g/mol. The van der Waals surface area contributed by atoms with Gasteiger partial charge in [0.05, 0.1) is 11.5 Å². The summed E-state index contributed by atoms with van der Waals surface area (Å²) in [4.78, 5) is 2.06. The minimum absolute atomic E-state index is 0.0785. The summed E-state index contributed by atoms with van der Waals surface area (Å²) in [6, 6.07) is 7.90. The average Bonchev–Trinajstić information content (AvgIpc) is 2.55. The van der Waals surface area contributed by atoms with Gasteiger partial charge in [0.2, 0.25) is 6.43 Å². The number of halogens is 2. The molecule has 0 amide bonds. The van der Waals surface area contributed by atoms with Crippen LogP contribution in [0.5, 0.6) is 0 Å². The summed E-state index contributed by atoms with van der Waals surface area (Å²) >= 11 is 0. The zero-order valence-electron chi connectivity index (χ0n) is 13.6. The Balaban J connectivity index is 1.63. The number of anilines is 2. The Morgan fingerprint density at radius 1 is 1.17 bits per heavy atom. The summed E-state index contributed by atoms with van der Waals surface area (Å²) in [5.41, 5.74) is 1.90. The van der Waals surface area contributed by atoms with Gasteiger partial charge in [-0.1, -0.05) is 12.5 Å². The van der Waals surface area contributed by atoms with Gasteiger partial charge >= 0.3 is 0 Å². The van der Waals surface area contributed by atoms with Crippen LogP contribution in [0.15, 0.2) is 24.3 Å². The van der Waals surface area contributed by atoms with E-state index in [4.69, 9.17) is 0 Å². The van der Waals surface area contributed by atoms with Crippen molar-refractivity contribution in [2.75, 3.05) is 34.8 Å². The lowest BCUT2D eigenvalue weighted by Crippen LogP contribution is -2.40. The van der Waals surface area contributed by atoms with Crippen molar-refractivity contribution >= 4 is 21.2 Å². The van der Waals surface area contributed by atoms with E-state index in [1.165, 1.54) is 0 Å². The van der Waals surface area contributed by atoms with Crippen LogP contribution >= 0.6 is 0 Å². The molecule has 2 atom stereocenters. The third-order valence-electron chi connectivity index (χ3n) is 5.00. The first-order valence-corrected chi connectivity index (χ1v) is 10.4. The molecule has 1 saturated heterocycles. The largest absolute Gasteiger partial charge is 0.382 e. The van der Waals surface area contributed by atoms with Crippen LogP contribution in [-0.2, 0) is 9.84 Å². The molecule has 134 valence electrons. The molecule has 2 fully saturated rings. The fraction of sp³-hybridized carbons (Fsp3) is 0.647. The summed E-state index contributed by atoms with van der Waals surface area (Å²) in [6.45, 7) is 1.01. The Bertz CT molecular complexity index is 652. The van der Waals surface area contributed by atoms with Gasteiger partial charge in [-0.05, 0) is 37.5 Å². The van der Waals surface area contributed by atoms with Gasteiger partial charge in [-0.25, -0.2) is 17.2 Å². The highest BCUT2D eigenvalue weighted by Crippen LogP contribution is 2.31. The molecule has 0 spiro atoms. The molecule has 1 heterocycles. The number of benzene rings is 1. The van der Waals surface area contributed by atoms with Crippen LogP contribution in [0.1, 0.15) is 25.7 Å². The molecule has 2 unspecified atom stereocenters. The molecule has 1 N–H and O–H groups in total. The summed E-state index contributed by atoms with van der Waals surface area (Å²) in [7, 11) is -2.90. The minimum Gasteiger partial charge on any atom is -0.382 e. The molecule has 1 aliphatic carbocycles. The predicted molar refractivity (Wildman–Crippen MR) is 92.7 cm³/mol. The minimum atomic E-state index is -2.90. The molecule has 3 rings (SSSR count). The number of hydrogen-bond donors (Lipinski definition) is 1. The molecule has 2 aliphatic rings. The van der Waals surface area contributed by atoms with Crippen molar-refractivity contribution < 1.29 is 17.2 Å². The highest BCUT2D eigenvalue weighted by atomic mass is 32.2. The molecule has 24 heavy (non-hydrogen) atoms. The Hall–Kier alpha value is -1.37. The second-order valence-electron chi connectivity index (χ2n) is 6.79. The maximum atomic E-state index is 12.9. The number of alkyl halides is 2. The zero-order valence-corrected chi connectivity index (χ0v) is 14.4. The van der Waals surface area contributed by atoms with E-state index in [9.17, 15) is 17.2 Å². The van der Waals surface area contributed by atoms with Crippen LogP contribution in [0, 0.1) is 5.92 Å². The molecule has 1 aliphatic heterocycles. The molecule has 1 saturated carbocycles. The van der Waals surface area contributed by atoms with E-state index in [1.54, 1.807) is 0 Å². The number of sulfone groups is 1. The van der Waals surface area contributed by atoms with Gasteiger partial charge < -0.3 is 10.2 Å². The first-order chi connectivity index (χ1) is 11.4. The van der Waals surface area contributed by atoms with E-state index in [1.807, 2.05) is 24.3 Å². The normalized spacial score (nSPS) is 27.2. The third-order valence-corrected chi connectivity index (χ3v) is 6.61. The van der Waals surface area contributed by atoms with Crippen molar-refractivity contribution in [3.8, 4) is 0 Å². The summed E-state index contributed by atoms with van der Waals surface area (Å²) < 4.78 is 48.9. The van der Waals surface area contributed by atoms with Gasteiger partial charge in [0.15, 0.2) is 9.84 Å². The van der Waals surface area contributed by atoms with Crippen LogP contribution in [0.3, 0.4) is 0 Å². The van der Waals surface area contributed by atoms with Gasteiger partial charge in [-0.15, -0.1) is 0 Å².